The number of carbonyl (C=O) groups excluding carboxylic acids is 3. The summed E-state index contributed by atoms with van der Waals surface area (Å²) in [5, 5.41) is 5.14. The maximum atomic E-state index is 12.3. The Balaban J connectivity index is 2.64. The summed E-state index contributed by atoms with van der Waals surface area (Å²) in [4.78, 5) is 35.5. The van der Waals surface area contributed by atoms with Gasteiger partial charge in [-0.25, -0.2) is 4.79 Å². The van der Waals surface area contributed by atoms with Crippen molar-refractivity contribution in [1.29, 1.82) is 0 Å². The highest BCUT2D eigenvalue weighted by Gasteiger charge is 2.28. The standard InChI is InChI=1S/C17H30N2O5/c1-17(2,3)24-16(22)19-13(10-12-8-6-5-7-9-12)15(21)18-11-14(20)23-4/h12-13H,5-11H2,1-4H3,(H,18,21)(H,19,22). The summed E-state index contributed by atoms with van der Waals surface area (Å²) in [5.74, 6) is -0.531. The van der Waals surface area contributed by atoms with Crippen molar-refractivity contribution in [2.75, 3.05) is 13.7 Å². The first-order chi connectivity index (χ1) is 11.2. The van der Waals surface area contributed by atoms with Gasteiger partial charge in [-0.2, -0.15) is 0 Å². The van der Waals surface area contributed by atoms with Crippen LogP contribution >= 0.6 is 0 Å². The summed E-state index contributed by atoms with van der Waals surface area (Å²) in [7, 11) is 1.26. The van der Waals surface area contributed by atoms with E-state index in [0.29, 0.717) is 12.3 Å². The number of esters is 1. The van der Waals surface area contributed by atoms with Gasteiger partial charge in [-0.15, -0.1) is 0 Å². The SMILES string of the molecule is COC(=O)CNC(=O)C(CC1CCCCC1)NC(=O)OC(C)(C)C. The summed E-state index contributed by atoms with van der Waals surface area (Å²) in [5.41, 5.74) is -0.637. The molecule has 0 radical (unpaired) electrons. The van der Waals surface area contributed by atoms with E-state index < -0.39 is 29.6 Å². The van der Waals surface area contributed by atoms with E-state index in [1.165, 1.54) is 13.5 Å². The first kappa shape index (κ1) is 20.3. The highest BCUT2D eigenvalue weighted by atomic mass is 16.6. The fourth-order valence-corrected chi connectivity index (χ4v) is 2.79. The second kappa shape index (κ2) is 9.49. The maximum Gasteiger partial charge on any atom is 0.408 e. The molecule has 7 heteroatoms. The fraction of sp³-hybridized carbons (Fsp3) is 0.824. The average molecular weight is 342 g/mol. The van der Waals surface area contributed by atoms with Gasteiger partial charge in [0.2, 0.25) is 5.91 Å². The van der Waals surface area contributed by atoms with Gasteiger partial charge >= 0.3 is 12.1 Å². The smallest absolute Gasteiger partial charge is 0.408 e. The molecule has 2 amide bonds. The molecule has 1 atom stereocenters. The maximum absolute atomic E-state index is 12.3. The minimum Gasteiger partial charge on any atom is -0.468 e. The molecule has 0 bridgehead atoms. The Bertz CT molecular complexity index is 439. The second-order valence-corrected chi connectivity index (χ2v) is 7.23. The summed E-state index contributed by atoms with van der Waals surface area (Å²) < 4.78 is 9.74. The Morgan fingerprint density at radius 2 is 1.75 bits per heavy atom. The number of nitrogens with one attached hydrogen (secondary N) is 2. The third-order valence-electron chi connectivity index (χ3n) is 3.94. The van der Waals surface area contributed by atoms with Crippen molar-refractivity contribution in [3.63, 3.8) is 0 Å². The van der Waals surface area contributed by atoms with Crippen molar-refractivity contribution < 1.29 is 23.9 Å². The van der Waals surface area contributed by atoms with Crippen LogP contribution < -0.4 is 10.6 Å². The zero-order valence-electron chi connectivity index (χ0n) is 15.1. The van der Waals surface area contributed by atoms with E-state index in [4.69, 9.17) is 4.74 Å². The van der Waals surface area contributed by atoms with Crippen molar-refractivity contribution in [2.45, 2.75) is 70.9 Å². The van der Waals surface area contributed by atoms with Gasteiger partial charge in [-0.3, -0.25) is 9.59 Å². The lowest BCUT2D eigenvalue weighted by Gasteiger charge is -2.27. The minimum atomic E-state index is -0.715. The van der Waals surface area contributed by atoms with E-state index in [1.807, 2.05) is 0 Å². The number of hydrogen-bond donors (Lipinski definition) is 2. The summed E-state index contributed by atoms with van der Waals surface area (Å²) >= 11 is 0. The number of methoxy groups -OCH3 is 1. The van der Waals surface area contributed by atoms with E-state index in [9.17, 15) is 14.4 Å². The molecule has 0 heterocycles. The van der Waals surface area contributed by atoms with E-state index in [-0.39, 0.29) is 6.54 Å². The Kier molecular flexibility index (Phi) is 8.01. The monoisotopic (exact) mass is 342 g/mol. The molecule has 7 nitrogen and oxygen atoms in total. The quantitative estimate of drug-likeness (QED) is 0.721. The van der Waals surface area contributed by atoms with E-state index in [2.05, 4.69) is 15.4 Å². The van der Waals surface area contributed by atoms with Gasteiger partial charge in [0.25, 0.3) is 0 Å². The molecule has 0 aliphatic heterocycles. The van der Waals surface area contributed by atoms with Crippen molar-refractivity contribution in [1.82, 2.24) is 10.6 Å². The molecule has 1 saturated carbocycles. The second-order valence-electron chi connectivity index (χ2n) is 7.23. The van der Waals surface area contributed by atoms with Crippen LogP contribution in [0.1, 0.15) is 59.3 Å². The van der Waals surface area contributed by atoms with E-state index in [1.54, 1.807) is 20.8 Å². The van der Waals surface area contributed by atoms with E-state index >= 15 is 0 Å². The third kappa shape index (κ3) is 8.17. The van der Waals surface area contributed by atoms with Crippen LogP contribution in [0.3, 0.4) is 0 Å². The Morgan fingerprint density at radius 3 is 2.29 bits per heavy atom. The van der Waals surface area contributed by atoms with Crippen molar-refractivity contribution >= 4 is 18.0 Å². The summed E-state index contributed by atoms with van der Waals surface area (Å²) in [6.07, 6.45) is 5.53. The number of carbonyl (C=O) groups is 3. The van der Waals surface area contributed by atoms with Gasteiger partial charge in [0.15, 0.2) is 0 Å². The van der Waals surface area contributed by atoms with Crippen LogP contribution in [0.4, 0.5) is 4.79 Å². The van der Waals surface area contributed by atoms with Crippen molar-refractivity contribution in [3.8, 4) is 0 Å². The van der Waals surface area contributed by atoms with Gasteiger partial charge < -0.3 is 20.1 Å². The van der Waals surface area contributed by atoms with Crippen LogP contribution in [0.5, 0.6) is 0 Å². The van der Waals surface area contributed by atoms with Crippen LogP contribution in [0.15, 0.2) is 0 Å². The van der Waals surface area contributed by atoms with Crippen molar-refractivity contribution in [3.05, 3.63) is 0 Å². The molecule has 1 fully saturated rings. The fourth-order valence-electron chi connectivity index (χ4n) is 2.79. The Labute approximate surface area is 143 Å². The molecule has 1 unspecified atom stereocenters. The molecule has 0 aromatic rings. The molecule has 0 aromatic heterocycles. The lowest BCUT2D eigenvalue weighted by molar-refractivity contribution is -0.141. The zero-order chi connectivity index (χ0) is 18.2. The van der Waals surface area contributed by atoms with Crippen LogP contribution in [0.25, 0.3) is 0 Å². The van der Waals surface area contributed by atoms with E-state index in [0.717, 1.165) is 25.7 Å². The van der Waals surface area contributed by atoms with Crippen LogP contribution in [0.2, 0.25) is 0 Å². The average Bonchev–Trinajstić information content (AvgIpc) is 2.50. The lowest BCUT2D eigenvalue weighted by atomic mass is 9.84. The molecule has 2 N–H and O–H groups in total. The molecule has 1 aliphatic rings. The third-order valence-corrected chi connectivity index (χ3v) is 3.94. The predicted molar refractivity (Wildman–Crippen MR) is 89.4 cm³/mol. The van der Waals surface area contributed by atoms with Gasteiger partial charge in [-0.05, 0) is 33.1 Å². The minimum absolute atomic E-state index is 0.216. The lowest BCUT2D eigenvalue weighted by Crippen LogP contribution is -2.50. The molecule has 0 spiro atoms. The Morgan fingerprint density at radius 1 is 1.12 bits per heavy atom. The number of rotatable bonds is 6. The predicted octanol–water partition coefficient (Wildman–Crippen LogP) is 2.14. The molecule has 1 aliphatic carbocycles. The first-order valence-electron chi connectivity index (χ1n) is 8.55. The molecule has 0 saturated heterocycles. The summed E-state index contributed by atoms with van der Waals surface area (Å²) in [6.45, 7) is 5.08. The highest BCUT2D eigenvalue weighted by molar-refractivity contribution is 5.88. The number of alkyl carbamates (subject to hydrolysis) is 1. The molecular weight excluding hydrogens is 312 g/mol. The van der Waals surface area contributed by atoms with Gasteiger partial charge in [0.05, 0.1) is 7.11 Å². The number of hydrogen-bond acceptors (Lipinski definition) is 5. The van der Waals surface area contributed by atoms with Crippen LogP contribution in [-0.2, 0) is 19.1 Å². The van der Waals surface area contributed by atoms with Crippen LogP contribution in [0, 0.1) is 5.92 Å². The van der Waals surface area contributed by atoms with Gasteiger partial charge in [-0.1, -0.05) is 32.1 Å². The van der Waals surface area contributed by atoms with Gasteiger partial charge in [0, 0.05) is 0 Å². The Hall–Kier alpha value is -1.79. The molecule has 1 rings (SSSR count). The zero-order valence-corrected chi connectivity index (χ0v) is 15.1. The van der Waals surface area contributed by atoms with Gasteiger partial charge in [0.1, 0.15) is 18.2 Å². The molecule has 24 heavy (non-hydrogen) atoms. The molecular formula is C17H30N2O5. The summed E-state index contributed by atoms with van der Waals surface area (Å²) in [6, 6.07) is -0.715. The molecule has 138 valence electrons. The highest BCUT2D eigenvalue weighted by Crippen LogP contribution is 2.27. The number of ether oxygens (including phenoxy) is 2. The first-order valence-corrected chi connectivity index (χ1v) is 8.55. The normalized spacial score (nSPS) is 16.8. The van der Waals surface area contributed by atoms with Crippen LogP contribution in [-0.4, -0.2) is 43.3 Å². The largest absolute Gasteiger partial charge is 0.468 e. The van der Waals surface area contributed by atoms with Crippen molar-refractivity contribution in [2.24, 2.45) is 5.92 Å². The topological polar surface area (TPSA) is 93.7 Å². The number of amides is 2. The molecule has 0 aromatic carbocycles.